The molecule has 10 aromatic rings. The molecule has 6 aliphatic rings. The van der Waals surface area contributed by atoms with E-state index < -0.39 is 0 Å². The molecule has 0 spiro atoms. The third-order valence-electron chi connectivity index (χ3n) is 20.1. The van der Waals surface area contributed by atoms with Crippen LogP contribution in [0.2, 0.25) is 0 Å². The standard InChI is InChI=1S/C20H20N2O4.C19H21N3O3.C19H21N3O2.C18H18N2O2/c1-10-5-16(24)21(4)18-14(10)8-15-11(2)6-17(25)22-13(7-12(3)23)9-26-20(18)19(15)22;1-10-5-15(23)21(4)17-13(10)7-14-11(2)6-16(24)22-12(8-20-3)9-25-19(17)18(14)22;1-10-5-12(3)22-13(8-20)9-24-19-17-14(7-15(10)18(19)22)11(2)6-16(23)21(17)4;1-10-7-12(3)20-5-6-22-18-16-13(9-14(10)17(18)20)11(2)8-15(21)19(16)4/h5-6,8,13H,7,9H2,1-4H3;5-7,12,20H,8-9H2,1-4H3;5-7,13H,3,8-9,20H2,1-2,4H3;7-9H,3,5-6H2,1-2,4H3. The van der Waals surface area contributed by atoms with Crippen LogP contribution in [0.5, 0.6) is 23.0 Å². The quantitative estimate of drug-likeness (QED) is 0.153. The van der Waals surface area contributed by atoms with Crippen LogP contribution >= 0.6 is 0 Å². The molecule has 0 aliphatic carbocycles. The molecule has 0 amide bonds. The van der Waals surface area contributed by atoms with E-state index in [1.807, 2.05) is 59.2 Å². The van der Waals surface area contributed by atoms with Crippen LogP contribution in [0.25, 0.3) is 76.6 Å². The highest BCUT2D eigenvalue weighted by Crippen LogP contribution is 2.51. The van der Waals surface area contributed by atoms with E-state index in [2.05, 4.69) is 72.5 Å². The van der Waals surface area contributed by atoms with Crippen molar-refractivity contribution in [1.82, 2.24) is 32.7 Å². The lowest BCUT2D eigenvalue weighted by Gasteiger charge is -2.42. The van der Waals surface area contributed by atoms with Gasteiger partial charge in [0.25, 0.3) is 33.4 Å². The first-order valence-electron chi connectivity index (χ1n) is 32.6. The number of ether oxygens (including phenoxy) is 4. The Morgan fingerprint density at radius 2 is 0.835 bits per heavy atom. The first-order valence-corrected chi connectivity index (χ1v) is 32.6. The van der Waals surface area contributed by atoms with Crippen molar-refractivity contribution in [1.29, 1.82) is 0 Å². The largest absolute Gasteiger partial charge is 0.487 e. The Balaban J connectivity index is 0.000000117. The molecular weight excluding hydrogens is 1230 g/mol. The third kappa shape index (κ3) is 10.4. The fourth-order valence-corrected chi connectivity index (χ4v) is 15.1. The summed E-state index contributed by atoms with van der Waals surface area (Å²) in [7, 11) is 8.90. The van der Waals surface area contributed by atoms with Crippen LogP contribution in [0.1, 0.15) is 83.8 Å². The molecule has 3 unspecified atom stereocenters. The molecule has 6 aromatic heterocycles. The van der Waals surface area contributed by atoms with Crippen LogP contribution in [0.4, 0.5) is 11.4 Å². The lowest BCUT2D eigenvalue weighted by molar-refractivity contribution is -0.118. The Bertz CT molecular complexity index is 5660. The fraction of sp³-hybridized carbons (Fsp3) is 0.329. The van der Waals surface area contributed by atoms with Gasteiger partial charge in [0.1, 0.15) is 32.2 Å². The SMILES string of the molecule is C=C1C=C(C)c2cc3c(C)cc(=O)n(C)c3c3c2N1C(CN)CO3.C=C1C=C(C)c2cc3c(C)cc(=O)n(C)c3c3c2N1CCO3.CC(=O)CC1COc2c3c(cc4c(C)cc(=O)n1c24)c(C)cc(=O)n3C.CNCC1COc2c3c(cc4c(C)cc(=O)n1c24)c(C)cc(=O)n3C. The van der Waals surface area contributed by atoms with Crippen molar-refractivity contribution in [3.8, 4) is 23.0 Å². The Morgan fingerprint density at radius 1 is 0.474 bits per heavy atom. The number of anilines is 2. The number of likely N-dealkylation sites (N-methyl/N-ethyl adjacent to an activating group) is 1. The predicted molar refractivity (Wildman–Crippen MR) is 386 cm³/mol. The van der Waals surface area contributed by atoms with E-state index in [-0.39, 0.29) is 70.3 Å². The van der Waals surface area contributed by atoms with E-state index in [9.17, 15) is 33.6 Å². The molecule has 0 fully saturated rings. The number of rotatable bonds is 5. The lowest BCUT2D eigenvalue weighted by Crippen LogP contribution is -2.48. The van der Waals surface area contributed by atoms with Crippen molar-refractivity contribution in [2.45, 2.75) is 86.9 Å². The molecule has 3 N–H and O–H groups in total. The van der Waals surface area contributed by atoms with Gasteiger partial charge in [-0.2, -0.15) is 0 Å². The zero-order valence-corrected chi connectivity index (χ0v) is 57.4. The van der Waals surface area contributed by atoms with Gasteiger partial charge in [-0.25, -0.2) is 0 Å². The number of nitrogens with one attached hydrogen (secondary N) is 1. The number of ketones is 1. The molecule has 21 nitrogen and oxygen atoms in total. The van der Waals surface area contributed by atoms with Gasteiger partial charge in [-0.3, -0.25) is 42.7 Å². The smallest absolute Gasteiger partial charge is 0.251 e. The summed E-state index contributed by atoms with van der Waals surface area (Å²) in [5, 5.41) is 9.03. The third-order valence-corrected chi connectivity index (χ3v) is 20.1. The van der Waals surface area contributed by atoms with Crippen molar-refractivity contribution >= 4 is 93.7 Å². The number of benzene rings is 4. The Morgan fingerprint density at radius 3 is 1.28 bits per heavy atom. The number of carbonyl (C=O) groups excluding carboxylic acids is 1. The first kappa shape index (κ1) is 65.2. The lowest BCUT2D eigenvalue weighted by atomic mass is 9.92. The van der Waals surface area contributed by atoms with Crippen molar-refractivity contribution in [3.63, 3.8) is 0 Å². The molecule has 0 radical (unpaired) electrons. The topological polar surface area (TPSA) is 231 Å². The van der Waals surface area contributed by atoms with Gasteiger partial charge in [0.05, 0.1) is 69.1 Å². The van der Waals surface area contributed by atoms with Crippen LogP contribution in [-0.2, 0) is 33.0 Å². The molecule has 97 heavy (non-hydrogen) atoms. The number of aryl methyl sites for hydroxylation is 10. The number of carbonyl (C=O) groups is 1. The van der Waals surface area contributed by atoms with Crippen molar-refractivity contribution in [2.75, 3.05) is 62.9 Å². The van der Waals surface area contributed by atoms with Crippen LogP contribution in [-0.4, -0.2) is 92.3 Å². The van der Waals surface area contributed by atoms with Crippen LogP contribution in [0.3, 0.4) is 0 Å². The summed E-state index contributed by atoms with van der Waals surface area (Å²) in [4.78, 5) is 90.5. The summed E-state index contributed by atoms with van der Waals surface area (Å²) < 4.78 is 34.3. The van der Waals surface area contributed by atoms with Crippen LogP contribution in [0, 0.1) is 41.5 Å². The number of Topliss-reactive ketones (excluding diaryl/α,β-unsaturated/α-hetero) is 1. The molecule has 0 bridgehead atoms. The molecular formula is C76H80N10O11. The van der Waals surface area contributed by atoms with Gasteiger partial charge in [0.2, 0.25) is 0 Å². The summed E-state index contributed by atoms with van der Waals surface area (Å²) in [5.41, 5.74) is 24.1. The second-order valence-corrected chi connectivity index (χ2v) is 26.6. The minimum Gasteiger partial charge on any atom is -0.487 e. The number of allylic oxidation sites excluding steroid dienone is 4. The molecule has 0 saturated carbocycles. The molecule has 4 aromatic carbocycles. The van der Waals surface area contributed by atoms with Gasteiger partial charge in [0, 0.05) is 139 Å². The van der Waals surface area contributed by atoms with Gasteiger partial charge in [-0.15, -0.1) is 0 Å². The number of hydrogen-bond acceptors (Lipinski definition) is 15. The maximum absolute atomic E-state index is 12.7. The molecule has 0 saturated heterocycles. The highest BCUT2D eigenvalue weighted by atomic mass is 16.5. The normalized spacial score (nSPS) is 17.0. The van der Waals surface area contributed by atoms with E-state index in [0.717, 1.165) is 145 Å². The van der Waals surface area contributed by atoms with E-state index in [0.29, 0.717) is 55.4 Å². The van der Waals surface area contributed by atoms with Gasteiger partial charge in [-0.05, 0) is 150 Å². The molecule has 12 heterocycles. The summed E-state index contributed by atoms with van der Waals surface area (Å²) >= 11 is 0. The van der Waals surface area contributed by atoms with E-state index in [4.69, 9.17) is 24.7 Å². The number of nitrogens with two attached hydrogens (primary N) is 1. The zero-order valence-electron chi connectivity index (χ0n) is 57.4. The van der Waals surface area contributed by atoms with Crippen molar-refractivity contribution in [2.24, 2.45) is 33.9 Å². The monoisotopic (exact) mass is 1310 g/mol. The van der Waals surface area contributed by atoms with E-state index in [1.165, 1.54) is 12.5 Å². The number of pyridine rings is 6. The predicted octanol–water partition coefficient (Wildman–Crippen LogP) is 9.29. The first-order chi connectivity index (χ1) is 46.1. The van der Waals surface area contributed by atoms with Crippen LogP contribution in [0.15, 0.2) is 126 Å². The number of nitrogens with zero attached hydrogens (tertiary/aromatic N) is 8. The average Bonchev–Trinajstić information content (AvgIpc) is 0.745. The summed E-state index contributed by atoms with van der Waals surface area (Å²) in [6, 6.07) is 17.9. The Kier molecular flexibility index (Phi) is 16.3. The molecule has 6 aliphatic heterocycles. The second kappa shape index (κ2) is 24.3. The highest BCUT2D eigenvalue weighted by Gasteiger charge is 2.37. The fourth-order valence-electron chi connectivity index (χ4n) is 15.1. The summed E-state index contributed by atoms with van der Waals surface area (Å²) in [6.45, 7) is 29.2. The van der Waals surface area contributed by atoms with E-state index >= 15 is 0 Å². The minimum atomic E-state index is -0.338. The van der Waals surface area contributed by atoms with Crippen molar-refractivity contribution in [3.05, 3.63) is 204 Å². The second-order valence-electron chi connectivity index (χ2n) is 26.6. The van der Waals surface area contributed by atoms with Gasteiger partial charge >= 0.3 is 0 Å². The summed E-state index contributed by atoms with van der Waals surface area (Å²) in [5.74, 6) is 2.73. The number of hydrogen-bond donors (Lipinski definition) is 2. The van der Waals surface area contributed by atoms with Gasteiger partial charge < -0.3 is 58.1 Å². The molecule has 21 heteroatoms. The number of aromatic nitrogens is 6. The average molecular weight is 1310 g/mol. The Labute approximate surface area is 558 Å². The molecule has 500 valence electrons. The minimum absolute atomic E-state index is 0.00621. The summed E-state index contributed by atoms with van der Waals surface area (Å²) in [6.07, 6.45) is 4.44. The van der Waals surface area contributed by atoms with Crippen molar-refractivity contribution < 1.29 is 23.7 Å². The van der Waals surface area contributed by atoms with Gasteiger partial charge in [-0.1, -0.05) is 13.2 Å². The van der Waals surface area contributed by atoms with E-state index in [1.54, 1.807) is 87.4 Å². The Hall–Kier alpha value is -10.5. The zero-order chi connectivity index (χ0) is 69.4. The maximum atomic E-state index is 12.7. The highest BCUT2D eigenvalue weighted by molar-refractivity contribution is 6.07. The van der Waals surface area contributed by atoms with Gasteiger partial charge in [0.15, 0.2) is 23.0 Å². The maximum Gasteiger partial charge on any atom is 0.251 e. The molecule has 16 rings (SSSR count). The molecule has 3 atom stereocenters. The van der Waals surface area contributed by atoms with Crippen LogP contribution < -0.4 is 73.2 Å². The number of fused-ring (bicyclic) bond motifs is 8.